The first-order chi connectivity index (χ1) is 8.51. The molecule has 0 aromatic heterocycles. The lowest BCUT2D eigenvalue weighted by molar-refractivity contribution is -0.121. The fraction of sp³-hybridized carbons (Fsp3) is 0.533. The zero-order valence-electron chi connectivity index (χ0n) is 11.5. The molecule has 2 nitrogen and oxygen atoms in total. The molecular weight excluding hydrogens is 248 g/mol. The summed E-state index contributed by atoms with van der Waals surface area (Å²) in [6.07, 6.45) is 0.529. The molecule has 0 heterocycles. The molecule has 0 aliphatic rings. The van der Waals surface area contributed by atoms with E-state index in [-0.39, 0.29) is 17.6 Å². The number of ether oxygens (including phenoxy) is 1. The van der Waals surface area contributed by atoms with Gasteiger partial charge < -0.3 is 4.74 Å². The van der Waals surface area contributed by atoms with Crippen LogP contribution < -0.4 is 4.74 Å². The van der Waals surface area contributed by atoms with Crippen molar-refractivity contribution in [3.05, 3.63) is 28.8 Å². The molecule has 0 fully saturated rings. The van der Waals surface area contributed by atoms with Crippen LogP contribution in [0, 0.1) is 5.92 Å². The molecule has 0 aliphatic carbocycles. The van der Waals surface area contributed by atoms with Crippen molar-refractivity contribution in [2.75, 3.05) is 6.61 Å². The monoisotopic (exact) mass is 268 g/mol. The second-order valence-corrected chi connectivity index (χ2v) is 5.09. The van der Waals surface area contributed by atoms with E-state index in [1.807, 2.05) is 26.0 Å². The normalized spacial score (nSPS) is 12.6. The maximum Gasteiger partial charge on any atom is 0.140 e. The molecule has 0 N–H and O–H groups in total. The Kier molecular flexibility index (Phi) is 5.67. The Labute approximate surface area is 114 Å². The highest BCUT2D eigenvalue weighted by Crippen LogP contribution is 2.35. The molecule has 1 rings (SSSR count). The van der Waals surface area contributed by atoms with Crippen LogP contribution in [0.1, 0.15) is 45.6 Å². The van der Waals surface area contributed by atoms with E-state index in [4.69, 9.17) is 16.3 Å². The van der Waals surface area contributed by atoms with E-state index in [0.717, 1.165) is 11.3 Å². The third-order valence-electron chi connectivity index (χ3n) is 2.97. The van der Waals surface area contributed by atoms with Crippen LogP contribution in [0.15, 0.2) is 18.2 Å². The van der Waals surface area contributed by atoms with Gasteiger partial charge in [-0.15, -0.1) is 0 Å². The van der Waals surface area contributed by atoms with Crippen molar-refractivity contribution in [1.29, 1.82) is 0 Å². The van der Waals surface area contributed by atoms with E-state index < -0.39 is 0 Å². The van der Waals surface area contributed by atoms with Crippen LogP contribution in [0.25, 0.3) is 0 Å². The number of Topliss-reactive ketones (excluding diaryl/α,β-unsaturated/α-hetero) is 1. The minimum Gasteiger partial charge on any atom is -0.494 e. The number of halogens is 1. The average Bonchev–Trinajstić information content (AvgIpc) is 2.32. The van der Waals surface area contributed by atoms with Crippen LogP contribution in [-0.2, 0) is 4.79 Å². The summed E-state index contributed by atoms with van der Waals surface area (Å²) in [5.41, 5.74) is 0.909. The summed E-state index contributed by atoms with van der Waals surface area (Å²) in [5, 5.41) is 0.642. The molecule has 0 radical (unpaired) electrons. The van der Waals surface area contributed by atoms with Crippen molar-refractivity contribution in [3.63, 3.8) is 0 Å². The molecular formula is C15H21ClO2. The van der Waals surface area contributed by atoms with Gasteiger partial charge >= 0.3 is 0 Å². The van der Waals surface area contributed by atoms with Gasteiger partial charge in [-0.3, -0.25) is 4.79 Å². The fourth-order valence-electron chi connectivity index (χ4n) is 2.17. The van der Waals surface area contributed by atoms with Gasteiger partial charge in [0.05, 0.1) is 6.61 Å². The zero-order valence-corrected chi connectivity index (χ0v) is 12.3. The fourth-order valence-corrected chi connectivity index (χ4v) is 2.35. The molecule has 0 spiro atoms. The second kappa shape index (κ2) is 6.79. The molecule has 18 heavy (non-hydrogen) atoms. The second-order valence-electron chi connectivity index (χ2n) is 4.66. The summed E-state index contributed by atoms with van der Waals surface area (Å²) >= 11 is 6.05. The number of benzene rings is 1. The predicted molar refractivity (Wildman–Crippen MR) is 75.5 cm³/mol. The van der Waals surface area contributed by atoms with Crippen molar-refractivity contribution in [1.82, 2.24) is 0 Å². The molecule has 0 saturated carbocycles. The Morgan fingerprint density at radius 3 is 2.50 bits per heavy atom. The highest BCUT2D eigenvalue weighted by Gasteiger charge is 2.26. The van der Waals surface area contributed by atoms with E-state index in [9.17, 15) is 4.79 Å². The van der Waals surface area contributed by atoms with Crippen molar-refractivity contribution in [3.8, 4) is 5.75 Å². The molecule has 0 aliphatic heterocycles. The van der Waals surface area contributed by atoms with E-state index in [1.54, 1.807) is 6.07 Å². The molecule has 1 aromatic rings. The molecule has 1 atom stereocenters. The quantitative estimate of drug-likeness (QED) is 0.761. The van der Waals surface area contributed by atoms with Crippen LogP contribution in [0.2, 0.25) is 5.02 Å². The summed E-state index contributed by atoms with van der Waals surface area (Å²) in [6.45, 7) is 8.51. The van der Waals surface area contributed by atoms with Gasteiger partial charge in [-0.25, -0.2) is 0 Å². The predicted octanol–water partition coefficient (Wildman–Crippen LogP) is 4.46. The number of hydrogen-bond donors (Lipinski definition) is 0. The maximum atomic E-state index is 12.1. The minimum absolute atomic E-state index is 0.143. The average molecular weight is 269 g/mol. The standard InChI is InChI=1S/C15H21ClO2/c1-5-13(17)15(10(3)4)12-9-11(16)7-8-14(12)18-6-2/h7-10,15H,5-6H2,1-4H3. The van der Waals surface area contributed by atoms with Gasteiger partial charge in [0.1, 0.15) is 11.5 Å². The molecule has 100 valence electrons. The summed E-state index contributed by atoms with van der Waals surface area (Å²) < 4.78 is 5.61. The Morgan fingerprint density at radius 2 is 2.00 bits per heavy atom. The molecule has 0 saturated heterocycles. The highest BCUT2D eigenvalue weighted by atomic mass is 35.5. The van der Waals surface area contributed by atoms with Gasteiger partial charge in [0.2, 0.25) is 0 Å². The maximum absolute atomic E-state index is 12.1. The van der Waals surface area contributed by atoms with Crippen LogP contribution in [0.3, 0.4) is 0 Å². The van der Waals surface area contributed by atoms with Gasteiger partial charge in [0, 0.05) is 22.9 Å². The zero-order chi connectivity index (χ0) is 13.7. The SMILES string of the molecule is CCOc1ccc(Cl)cc1C(C(=O)CC)C(C)C. The van der Waals surface area contributed by atoms with Gasteiger partial charge in [-0.2, -0.15) is 0 Å². The first-order valence-corrected chi connectivity index (χ1v) is 6.84. The number of ketones is 1. The summed E-state index contributed by atoms with van der Waals surface area (Å²) in [5.74, 6) is 1.08. The number of carbonyl (C=O) groups excluding carboxylic acids is 1. The first-order valence-electron chi connectivity index (χ1n) is 6.46. The summed E-state index contributed by atoms with van der Waals surface area (Å²) in [7, 11) is 0. The van der Waals surface area contributed by atoms with Crippen LogP contribution >= 0.6 is 11.6 Å². The van der Waals surface area contributed by atoms with Gasteiger partial charge in [-0.05, 0) is 31.0 Å². The number of hydrogen-bond acceptors (Lipinski definition) is 2. The van der Waals surface area contributed by atoms with Gasteiger partial charge in [0.25, 0.3) is 0 Å². The van der Waals surface area contributed by atoms with E-state index >= 15 is 0 Å². The largest absolute Gasteiger partial charge is 0.494 e. The minimum atomic E-state index is -0.143. The smallest absolute Gasteiger partial charge is 0.140 e. The Bertz CT molecular complexity index is 413. The van der Waals surface area contributed by atoms with Gasteiger partial charge in [-0.1, -0.05) is 32.4 Å². The first kappa shape index (κ1) is 15.0. The molecule has 3 heteroatoms. The van der Waals surface area contributed by atoms with Gasteiger partial charge in [0.15, 0.2) is 0 Å². The Balaban J connectivity index is 3.24. The van der Waals surface area contributed by atoms with Crippen molar-refractivity contribution < 1.29 is 9.53 Å². The molecule has 0 amide bonds. The third kappa shape index (κ3) is 3.49. The molecule has 1 aromatic carbocycles. The molecule has 0 bridgehead atoms. The molecule has 1 unspecified atom stereocenters. The van der Waals surface area contributed by atoms with Crippen LogP contribution in [0.5, 0.6) is 5.75 Å². The lowest BCUT2D eigenvalue weighted by Crippen LogP contribution is -2.18. The number of carbonyl (C=O) groups is 1. The van der Waals surface area contributed by atoms with Crippen LogP contribution in [0.4, 0.5) is 0 Å². The van der Waals surface area contributed by atoms with Crippen LogP contribution in [-0.4, -0.2) is 12.4 Å². The number of rotatable bonds is 6. The van der Waals surface area contributed by atoms with Crippen molar-refractivity contribution in [2.24, 2.45) is 5.92 Å². The summed E-state index contributed by atoms with van der Waals surface area (Å²) in [6, 6.07) is 5.49. The summed E-state index contributed by atoms with van der Waals surface area (Å²) in [4.78, 5) is 12.1. The Morgan fingerprint density at radius 1 is 1.33 bits per heavy atom. The third-order valence-corrected chi connectivity index (χ3v) is 3.20. The topological polar surface area (TPSA) is 26.3 Å². The van der Waals surface area contributed by atoms with Crippen molar-refractivity contribution >= 4 is 17.4 Å². The van der Waals surface area contributed by atoms with E-state index in [1.165, 1.54) is 0 Å². The Hall–Kier alpha value is -1.02. The highest BCUT2D eigenvalue weighted by molar-refractivity contribution is 6.30. The lowest BCUT2D eigenvalue weighted by Gasteiger charge is -2.22. The van der Waals surface area contributed by atoms with E-state index in [2.05, 4.69) is 13.8 Å². The van der Waals surface area contributed by atoms with Crippen molar-refractivity contribution in [2.45, 2.75) is 40.0 Å². The van der Waals surface area contributed by atoms with E-state index in [0.29, 0.717) is 18.1 Å². The lowest BCUT2D eigenvalue weighted by atomic mass is 9.83.